The predicted octanol–water partition coefficient (Wildman–Crippen LogP) is 4.32. The highest BCUT2D eigenvalue weighted by Gasteiger charge is 2.14. The zero-order chi connectivity index (χ0) is 13.4. The quantitative estimate of drug-likeness (QED) is 0.692. The van der Waals surface area contributed by atoms with E-state index >= 15 is 0 Å². The number of aromatic nitrogens is 2. The highest BCUT2D eigenvalue weighted by molar-refractivity contribution is 7.00. The van der Waals surface area contributed by atoms with E-state index in [2.05, 4.69) is 14.1 Å². The van der Waals surface area contributed by atoms with Crippen LogP contribution in [0.5, 0.6) is 0 Å². The maximum Gasteiger partial charge on any atom is 0.131 e. The molecule has 0 aliphatic heterocycles. The summed E-state index contributed by atoms with van der Waals surface area (Å²) >= 11 is 13.4. The van der Waals surface area contributed by atoms with Gasteiger partial charge in [0.05, 0.1) is 27.5 Å². The van der Waals surface area contributed by atoms with Gasteiger partial charge in [-0.15, -0.1) is 0 Å². The normalized spacial score (nSPS) is 10.8. The number of nitrogens with one attached hydrogen (secondary N) is 1. The lowest BCUT2D eigenvalue weighted by Gasteiger charge is -2.09. The van der Waals surface area contributed by atoms with Gasteiger partial charge in [0.1, 0.15) is 11.0 Å². The topological polar surface area (TPSA) is 63.8 Å². The molecule has 0 spiro atoms. The van der Waals surface area contributed by atoms with Crippen molar-refractivity contribution in [1.29, 1.82) is 0 Å². The minimum absolute atomic E-state index is 0.497. The van der Waals surface area contributed by atoms with Crippen LogP contribution >= 0.6 is 34.9 Å². The number of nitrogen functional groups attached to an aromatic ring is 1. The Morgan fingerprint density at radius 3 is 2.42 bits per heavy atom. The van der Waals surface area contributed by atoms with Crippen LogP contribution in [-0.2, 0) is 0 Å². The number of hydrogen-bond donors (Lipinski definition) is 2. The number of nitrogens with zero attached hydrogens (tertiary/aromatic N) is 2. The third-order valence-electron chi connectivity index (χ3n) is 2.62. The molecular formula is C12H8Cl2N4S. The van der Waals surface area contributed by atoms with Gasteiger partial charge in [-0.3, -0.25) is 0 Å². The number of halogens is 2. The van der Waals surface area contributed by atoms with Crippen LogP contribution in [-0.4, -0.2) is 8.75 Å². The number of nitrogens with two attached hydrogens (primary N) is 1. The molecule has 0 radical (unpaired) electrons. The number of rotatable bonds is 2. The smallest absolute Gasteiger partial charge is 0.131 e. The fourth-order valence-corrected chi connectivity index (χ4v) is 2.86. The van der Waals surface area contributed by atoms with Gasteiger partial charge >= 0.3 is 0 Å². The van der Waals surface area contributed by atoms with Gasteiger partial charge < -0.3 is 11.1 Å². The molecule has 3 aromatic rings. The average Bonchev–Trinajstić information content (AvgIpc) is 2.86. The summed E-state index contributed by atoms with van der Waals surface area (Å²) in [7, 11) is 0. The maximum absolute atomic E-state index is 6.21. The largest absolute Gasteiger partial charge is 0.399 e. The Morgan fingerprint density at radius 2 is 1.68 bits per heavy atom. The second-order valence-electron chi connectivity index (χ2n) is 3.92. The summed E-state index contributed by atoms with van der Waals surface area (Å²) in [6.45, 7) is 0. The number of hydrogen-bond acceptors (Lipinski definition) is 5. The molecule has 1 aromatic heterocycles. The molecule has 0 amide bonds. The fraction of sp³-hybridized carbons (Fsp3) is 0. The monoisotopic (exact) mass is 310 g/mol. The van der Waals surface area contributed by atoms with Crippen LogP contribution in [0.3, 0.4) is 0 Å². The Hall–Kier alpha value is -1.56. The molecule has 4 nitrogen and oxygen atoms in total. The fourth-order valence-electron chi connectivity index (χ4n) is 1.70. The number of anilines is 3. The summed E-state index contributed by atoms with van der Waals surface area (Å²) < 4.78 is 8.38. The van der Waals surface area contributed by atoms with Gasteiger partial charge in [-0.1, -0.05) is 23.2 Å². The summed E-state index contributed by atoms with van der Waals surface area (Å²) in [5.74, 6) is 0. The van der Waals surface area contributed by atoms with Gasteiger partial charge in [0.15, 0.2) is 0 Å². The maximum atomic E-state index is 6.21. The first-order valence-electron chi connectivity index (χ1n) is 5.38. The van der Waals surface area contributed by atoms with E-state index in [1.54, 1.807) is 6.07 Å². The van der Waals surface area contributed by atoms with Crippen LogP contribution in [0.4, 0.5) is 17.1 Å². The van der Waals surface area contributed by atoms with Gasteiger partial charge in [0.2, 0.25) is 0 Å². The highest BCUT2D eigenvalue weighted by atomic mass is 35.5. The van der Waals surface area contributed by atoms with Gasteiger partial charge in [-0.2, -0.15) is 8.75 Å². The summed E-state index contributed by atoms with van der Waals surface area (Å²) in [5.41, 5.74) is 9.23. The van der Waals surface area contributed by atoms with E-state index in [4.69, 9.17) is 28.9 Å². The van der Waals surface area contributed by atoms with Crippen LogP contribution in [0.15, 0.2) is 30.3 Å². The minimum atomic E-state index is 0.497. The minimum Gasteiger partial charge on any atom is -0.399 e. The van der Waals surface area contributed by atoms with Gasteiger partial charge in [0, 0.05) is 11.4 Å². The van der Waals surface area contributed by atoms with Crippen molar-refractivity contribution in [2.75, 3.05) is 11.1 Å². The van der Waals surface area contributed by atoms with Gasteiger partial charge in [0.25, 0.3) is 0 Å². The van der Waals surface area contributed by atoms with Crippen molar-refractivity contribution < 1.29 is 0 Å². The van der Waals surface area contributed by atoms with Gasteiger partial charge in [-0.05, 0) is 30.3 Å². The molecule has 3 rings (SSSR count). The first-order valence-corrected chi connectivity index (χ1v) is 6.86. The molecule has 1 heterocycles. The zero-order valence-corrected chi connectivity index (χ0v) is 11.9. The van der Waals surface area contributed by atoms with Crippen molar-refractivity contribution in [2.45, 2.75) is 0 Å². The molecule has 2 aromatic carbocycles. The Balaban J connectivity index is 2.09. The average molecular weight is 311 g/mol. The van der Waals surface area contributed by atoms with E-state index in [0.29, 0.717) is 32.5 Å². The first-order chi connectivity index (χ1) is 9.15. The predicted molar refractivity (Wildman–Crippen MR) is 81.6 cm³/mol. The van der Waals surface area contributed by atoms with E-state index < -0.39 is 0 Å². The number of fused-ring (bicyclic) bond motifs is 1. The van der Waals surface area contributed by atoms with Crippen LogP contribution in [0, 0.1) is 0 Å². The first kappa shape index (κ1) is 12.5. The van der Waals surface area contributed by atoms with Crippen molar-refractivity contribution in [3.05, 3.63) is 40.4 Å². The molecule has 0 bridgehead atoms. The molecule has 96 valence electrons. The molecule has 7 heteroatoms. The van der Waals surface area contributed by atoms with Crippen molar-refractivity contribution >= 4 is 63.0 Å². The van der Waals surface area contributed by atoms with Crippen molar-refractivity contribution in [1.82, 2.24) is 8.75 Å². The molecule has 3 N–H and O–H groups in total. The van der Waals surface area contributed by atoms with E-state index in [1.807, 2.05) is 24.3 Å². The van der Waals surface area contributed by atoms with Crippen LogP contribution in [0.2, 0.25) is 10.0 Å². The van der Waals surface area contributed by atoms with Crippen LogP contribution < -0.4 is 11.1 Å². The summed E-state index contributed by atoms with van der Waals surface area (Å²) in [4.78, 5) is 0. The second-order valence-corrected chi connectivity index (χ2v) is 5.27. The van der Waals surface area contributed by atoms with E-state index in [-0.39, 0.29) is 0 Å². The molecule has 0 fully saturated rings. The standard InChI is InChI=1S/C12H8Cl2N4S/c13-8-5-9(14)11-12(18-19-17-11)10(8)16-7-3-1-6(15)2-4-7/h1-5,16H,15H2. The van der Waals surface area contributed by atoms with Crippen molar-refractivity contribution in [2.24, 2.45) is 0 Å². The van der Waals surface area contributed by atoms with E-state index in [1.165, 1.54) is 0 Å². The highest BCUT2D eigenvalue weighted by Crippen LogP contribution is 2.36. The lowest BCUT2D eigenvalue weighted by Crippen LogP contribution is -1.94. The Morgan fingerprint density at radius 1 is 1.00 bits per heavy atom. The molecule has 0 aliphatic rings. The van der Waals surface area contributed by atoms with E-state index in [9.17, 15) is 0 Å². The summed E-state index contributed by atoms with van der Waals surface area (Å²) in [6.07, 6.45) is 0. The van der Waals surface area contributed by atoms with Crippen LogP contribution in [0.25, 0.3) is 11.0 Å². The Kier molecular flexibility index (Phi) is 3.18. The van der Waals surface area contributed by atoms with Crippen molar-refractivity contribution in [3.63, 3.8) is 0 Å². The Bertz CT molecular complexity index is 739. The summed E-state index contributed by atoms with van der Waals surface area (Å²) in [5, 5.41) is 4.21. The van der Waals surface area contributed by atoms with Gasteiger partial charge in [-0.25, -0.2) is 0 Å². The lowest BCUT2D eigenvalue weighted by molar-refractivity contribution is 1.54. The molecule has 0 aliphatic carbocycles. The van der Waals surface area contributed by atoms with Crippen molar-refractivity contribution in [3.8, 4) is 0 Å². The SMILES string of the molecule is Nc1ccc(Nc2c(Cl)cc(Cl)c3nsnc23)cc1. The molecule has 0 saturated carbocycles. The third-order valence-corrected chi connectivity index (χ3v) is 3.74. The molecule has 0 saturated heterocycles. The number of benzene rings is 2. The molecular weight excluding hydrogens is 303 g/mol. The van der Waals surface area contributed by atoms with E-state index in [0.717, 1.165) is 17.4 Å². The lowest BCUT2D eigenvalue weighted by atomic mass is 10.2. The molecule has 19 heavy (non-hydrogen) atoms. The molecule has 0 unspecified atom stereocenters. The Labute approximate surface area is 123 Å². The third kappa shape index (κ3) is 2.32. The summed E-state index contributed by atoms with van der Waals surface area (Å²) in [6, 6.07) is 9.01. The zero-order valence-electron chi connectivity index (χ0n) is 9.52. The van der Waals surface area contributed by atoms with Crippen LogP contribution in [0.1, 0.15) is 0 Å². The second kappa shape index (κ2) is 4.85. The molecule has 0 atom stereocenters.